The van der Waals surface area contributed by atoms with E-state index in [9.17, 15) is 59.7 Å². The Labute approximate surface area is 205 Å². The molecule has 0 aliphatic carbocycles. The number of carboxylic acids is 1. The van der Waals surface area contributed by atoms with Crippen LogP contribution in [0.5, 0.6) is 17.2 Å². The molecule has 37 heavy (non-hydrogen) atoms. The first-order valence-corrected chi connectivity index (χ1v) is 10.7. The number of ketones is 1. The molecule has 1 aromatic rings. The van der Waals surface area contributed by atoms with E-state index < -0.39 is 120 Å². The van der Waals surface area contributed by atoms with Gasteiger partial charge in [-0.05, 0) is 6.07 Å². The average molecular weight is 528 g/mol. The van der Waals surface area contributed by atoms with Crippen LogP contribution in [0.4, 0.5) is 0 Å². The summed E-state index contributed by atoms with van der Waals surface area (Å²) in [5, 5.41) is 70.8. The molecule has 7 N–H and O–H groups in total. The minimum atomic E-state index is -2.34. The minimum Gasteiger partial charge on any atom is -0.504 e. The molecule has 1 aromatic carbocycles. The zero-order valence-electron chi connectivity index (χ0n) is 18.4. The van der Waals surface area contributed by atoms with E-state index in [4.69, 9.17) is 18.9 Å². The molecule has 0 radical (unpaired) electrons. The molecule has 0 aromatic heterocycles. The van der Waals surface area contributed by atoms with E-state index in [2.05, 4.69) is 0 Å². The second kappa shape index (κ2) is 9.56. The van der Waals surface area contributed by atoms with Gasteiger partial charge in [0.25, 0.3) is 5.78 Å². The van der Waals surface area contributed by atoms with Crippen molar-refractivity contribution in [3.05, 3.63) is 17.2 Å². The van der Waals surface area contributed by atoms with Crippen LogP contribution in [0.15, 0.2) is 6.07 Å². The molecular formula is C21H20O16. The smallest absolute Gasteiger partial charge is 0.380 e. The predicted octanol–water partition coefficient (Wildman–Crippen LogP) is -3.36. The van der Waals surface area contributed by atoms with Crippen LogP contribution < -0.4 is 4.74 Å². The first-order valence-electron chi connectivity index (χ1n) is 10.7. The van der Waals surface area contributed by atoms with Crippen LogP contribution >= 0.6 is 0 Å². The van der Waals surface area contributed by atoms with Gasteiger partial charge in [0.15, 0.2) is 36.1 Å². The molecule has 0 unspecified atom stereocenters. The largest absolute Gasteiger partial charge is 0.504 e. The van der Waals surface area contributed by atoms with Gasteiger partial charge in [0, 0.05) is 17.0 Å². The Morgan fingerprint density at radius 2 is 1.65 bits per heavy atom. The summed E-state index contributed by atoms with van der Waals surface area (Å²) in [6.07, 6.45) is -13.2. The van der Waals surface area contributed by atoms with Gasteiger partial charge < -0.3 is 54.7 Å². The molecule has 16 heteroatoms. The summed E-state index contributed by atoms with van der Waals surface area (Å²) in [6, 6.07) is 0.528. The van der Waals surface area contributed by atoms with Crippen LogP contribution in [0.1, 0.15) is 28.3 Å². The van der Waals surface area contributed by atoms with Crippen molar-refractivity contribution in [3.8, 4) is 17.2 Å². The number of aliphatic hydroxyl groups is 4. The van der Waals surface area contributed by atoms with Gasteiger partial charge in [-0.25, -0.2) is 9.59 Å². The standard InChI is InChI=1S/C21H20O16/c22-3-7-15-14(29)17(21(33)34-7)37-19(31)11(26)4-1-6(23)12(27)16-10(4)9(13(28)20(32)36-16)5(2-8(24)25)18(30)35-15/h1,5,7,9,13-15,17,21-23,27-29,33H,2-3H2,(H,24,25)/t5-,7-,9+,13-,14+,15+,17-,21-/m1/s1. The normalized spacial score (nSPS) is 33.7. The number of aromatic hydroxyl groups is 2. The molecule has 3 heterocycles. The Bertz CT molecular complexity index is 1180. The van der Waals surface area contributed by atoms with Crippen molar-refractivity contribution in [1.82, 2.24) is 0 Å². The van der Waals surface area contributed by atoms with Gasteiger partial charge in [0.05, 0.1) is 18.9 Å². The number of aliphatic carboxylic acids is 1. The molecule has 0 saturated carbocycles. The number of hydrogen-bond donors (Lipinski definition) is 7. The molecule has 1 saturated heterocycles. The highest BCUT2D eigenvalue weighted by Gasteiger charge is 2.54. The van der Waals surface area contributed by atoms with Crippen LogP contribution in [-0.2, 0) is 33.4 Å². The number of ether oxygens (including phenoxy) is 4. The van der Waals surface area contributed by atoms with Crippen molar-refractivity contribution >= 4 is 29.7 Å². The quantitative estimate of drug-likeness (QED) is 0.0874. The highest BCUT2D eigenvalue weighted by atomic mass is 16.7. The summed E-state index contributed by atoms with van der Waals surface area (Å²) in [7, 11) is 0. The maximum atomic E-state index is 13.3. The number of phenolic OH excluding ortho intramolecular Hbond substituents is 2. The summed E-state index contributed by atoms with van der Waals surface area (Å²) >= 11 is 0. The number of Topliss-reactive ketones (excluding diaryl/α,β-unsaturated/α-hetero) is 1. The number of aliphatic hydroxyl groups excluding tert-OH is 4. The van der Waals surface area contributed by atoms with Crippen molar-refractivity contribution < 1.29 is 78.7 Å². The monoisotopic (exact) mass is 528 g/mol. The van der Waals surface area contributed by atoms with E-state index in [0.717, 1.165) is 0 Å². The lowest BCUT2D eigenvalue weighted by Crippen LogP contribution is -2.61. The van der Waals surface area contributed by atoms with E-state index in [0.29, 0.717) is 6.07 Å². The molecule has 200 valence electrons. The lowest BCUT2D eigenvalue weighted by molar-refractivity contribution is -0.293. The fraction of sp³-hybridized carbons (Fsp3) is 0.476. The topological polar surface area (TPSA) is 264 Å². The van der Waals surface area contributed by atoms with Gasteiger partial charge in [-0.15, -0.1) is 0 Å². The van der Waals surface area contributed by atoms with Gasteiger partial charge in [-0.3, -0.25) is 14.4 Å². The maximum absolute atomic E-state index is 13.3. The molecule has 2 bridgehead atoms. The molecular weight excluding hydrogens is 508 g/mol. The van der Waals surface area contributed by atoms with E-state index in [-0.39, 0.29) is 0 Å². The Balaban J connectivity index is 1.99. The third-order valence-corrected chi connectivity index (χ3v) is 6.26. The molecule has 0 spiro atoms. The number of carboxylic acid groups (broad SMARTS) is 1. The van der Waals surface area contributed by atoms with E-state index >= 15 is 0 Å². The summed E-state index contributed by atoms with van der Waals surface area (Å²) in [5.41, 5.74) is -1.55. The van der Waals surface area contributed by atoms with Gasteiger partial charge in [0.2, 0.25) is 5.75 Å². The second-order valence-corrected chi connectivity index (χ2v) is 8.47. The lowest BCUT2D eigenvalue weighted by Gasteiger charge is -2.42. The van der Waals surface area contributed by atoms with E-state index in [1.807, 2.05) is 0 Å². The lowest BCUT2D eigenvalue weighted by atomic mass is 9.75. The highest BCUT2D eigenvalue weighted by molar-refractivity contribution is 6.41. The zero-order valence-corrected chi connectivity index (χ0v) is 18.4. The van der Waals surface area contributed by atoms with Crippen LogP contribution in [0.3, 0.4) is 0 Å². The molecule has 8 atom stereocenters. The number of carbonyl (C=O) groups excluding carboxylic acids is 4. The maximum Gasteiger partial charge on any atom is 0.380 e. The van der Waals surface area contributed by atoms with E-state index in [1.54, 1.807) is 0 Å². The Kier molecular flexibility index (Phi) is 6.78. The van der Waals surface area contributed by atoms with Crippen LogP contribution in [0.2, 0.25) is 0 Å². The summed E-state index contributed by atoms with van der Waals surface area (Å²) in [6.45, 7) is -0.951. The summed E-state index contributed by atoms with van der Waals surface area (Å²) < 4.78 is 19.9. The van der Waals surface area contributed by atoms with Crippen LogP contribution in [0, 0.1) is 5.92 Å². The van der Waals surface area contributed by atoms with Crippen molar-refractivity contribution in [2.24, 2.45) is 5.92 Å². The number of hydrogen-bond acceptors (Lipinski definition) is 15. The number of benzene rings is 1. The van der Waals surface area contributed by atoms with Gasteiger partial charge in [-0.1, -0.05) is 0 Å². The fourth-order valence-electron chi connectivity index (χ4n) is 4.54. The van der Waals surface area contributed by atoms with Crippen LogP contribution in [0.25, 0.3) is 0 Å². The number of phenols is 2. The third kappa shape index (κ3) is 4.34. The van der Waals surface area contributed by atoms with Crippen molar-refractivity contribution in [2.75, 3.05) is 6.61 Å². The second-order valence-electron chi connectivity index (χ2n) is 8.47. The third-order valence-electron chi connectivity index (χ3n) is 6.26. The van der Waals surface area contributed by atoms with Gasteiger partial charge in [-0.2, -0.15) is 0 Å². The van der Waals surface area contributed by atoms with Gasteiger partial charge in [0.1, 0.15) is 12.2 Å². The SMILES string of the molecule is O=C(O)C[C@H]1C(=O)O[C@@H]2[C@H](O)[C@@H](OC(=O)C(=O)c3cc(O)c(O)c4c3[C@H]1[C@@H](O)C(=O)O4)[C@H](O)O[C@@H]2CO. The Morgan fingerprint density at radius 3 is 2.27 bits per heavy atom. The molecule has 3 aliphatic rings. The molecule has 0 amide bonds. The van der Waals surface area contributed by atoms with E-state index in [1.165, 1.54) is 0 Å². The molecule has 3 aliphatic heterocycles. The molecule has 16 nitrogen and oxygen atoms in total. The summed E-state index contributed by atoms with van der Waals surface area (Å²) in [5.74, 6) is -15.2. The number of carbonyl (C=O) groups is 5. The number of rotatable bonds is 3. The molecule has 4 rings (SSSR count). The van der Waals surface area contributed by atoms with Crippen molar-refractivity contribution in [3.63, 3.8) is 0 Å². The fourth-order valence-corrected chi connectivity index (χ4v) is 4.54. The molecule has 1 fully saturated rings. The highest BCUT2D eigenvalue weighted by Crippen LogP contribution is 2.50. The van der Waals surface area contributed by atoms with Crippen molar-refractivity contribution in [2.45, 2.75) is 49.1 Å². The van der Waals surface area contributed by atoms with Gasteiger partial charge >= 0.3 is 23.9 Å². The van der Waals surface area contributed by atoms with Crippen LogP contribution in [-0.4, -0.2) is 109 Å². The average Bonchev–Trinajstić information content (AvgIpc) is 2.84. The summed E-state index contributed by atoms with van der Waals surface area (Å²) in [4.78, 5) is 63.1. The Morgan fingerprint density at radius 1 is 0.973 bits per heavy atom. The predicted molar refractivity (Wildman–Crippen MR) is 108 cm³/mol. The van der Waals surface area contributed by atoms with Crippen molar-refractivity contribution in [1.29, 1.82) is 0 Å². The zero-order chi connectivity index (χ0) is 27.3. The minimum absolute atomic E-state index is 0.528. The number of fused-ring (bicyclic) bond motifs is 2. The first-order chi connectivity index (χ1) is 17.4. The Hall–Kier alpha value is -3.83. The first kappa shape index (κ1) is 26.2. The number of esters is 3.